The molecule has 0 aromatic heterocycles. The molecule has 0 heterocycles. The number of hydrogen-bond acceptors (Lipinski definition) is 6. The van der Waals surface area contributed by atoms with Crippen LogP contribution < -0.4 is 10.2 Å². The average molecular weight is 555 g/mol. The minimum absolute atomic E-state index is 0.149. The van der Waals surface area contributed by atoms with Gasteiger partial charge < -0.3 is 19.8 Å². The quantitative estimate of drug-likeness (QED) is 0.207. The zero-order valence-corrected chi connectivity index (χ0v) is 24.1. The number of rotatable bonds is 16. The molecule has 0 N–H and O–H groups in total. The molecule has 0 rings (SSSR count). The van der Waals surface area contributed by atoms with Gasteiger partial charge in [0.15, 0.2) is 0 Å². The SMILES string of the molecule is CCCC(SCC)C(=O)[O-].CCCC(SCC)C(=O)[O-].CCC[CH2][Sn+2][CH2]CCC. The number of carbonyl (C=O) groups is 2. The van der Waals surface area contributed by atoms with Crippen LogP contribution in [0, 0.1) is 0 Å². The number of aliphatic carboxylic acids is 2. The summed E-state index contributed by atoms with van der Waals surface area (Å²) in [5.74, 6) is -0.153. The molecule has 0 aliphatic carbocycles. The number of carboxylic acid groups (broad SMARTS) is 2. The molecule has 172 valence electrons. The number of carboxylic acids is 2. The van der Waals surface area contributed by atoms with E-state index in [-0.39, 0.29) is 31.6 Å². The second kappa shape index (κ2) is 28.4. The topological polar surface area (TPSA) is 80.3 Å². The third-order valence-corrected chi connectivity index (χ3v) is 10.1. The molecule has 0 fully saturated rings. The van der Waals surface area contributed by atoms with Crippen molar-refractivity contribution in [2.45, 2.75) is 112 Å². The summed E-state index contributed by atoms with van der Waals surface area (Å²) in [4.78, 5) is 20.7. The van der Waals surface area contributed by atoms with E-state index in [9.17, 15) is 19.8 Å². The zero-order valence-electron chi connectivity index (χ0n) is 19.6. The van der Waals surface area contributed by atoms with Crippen LogP contribution in [0.1, 0.15) is 92.9 Å². The van der Waals surface area contributed by atoms with E-state index in [0.29, 0.717) is 0 Å². The van der Waals surface area contributed by atoms with Crippen LogP contribution in [-0.2, 0) is 9.59 Å². The number of hydrogen-bond donors (Lipinski definition) is 0. The molecule has 0 amide bonds. The molecule has 0 bridgehead atoms. The summed E-state index contributed by atoms with van der Waals surface area (Å²) in [6.07, 6.45) is 9.10. The number of thioether (sulfide) groups is 2. The molecule has 29 heavy (non-hydrogen) atoms. The van der Waals surface area contributed by atoms with Crippen LogP contribution in [0.5, 0.6) is 0 Å². The summed E-state index contributed by atoms with van der Waals surface area (Å²) < 4.78 is 3.25. The van der Waals surface area contributed by atoms with Gasteiger partial charge in [-0.15, -0.1) is 0 Å². The van der Waals surface area contributed by atoms with Crippen molar-refractivity contribution in [2.75, 3.05) is 11.5 Å². The van der Waals surface area contributed by atoms with Crippen molar-refractivity contribution in [1.29, 1.82) is 0 Å². The zero-order chi connectivity index (χ0) is 22.9. The van der Waals surface area contributed by atoms with Crippen molar-refractivity contribution in [1.82, 2.24) is 0 Å². The third-order valence-electron chi connectivity index (χ3n) is 3.78. The summed E-state index contributed by atoms with van der Waals surface area (Å²) in [5, 5.41) is 20.1. The van der Waals surface area contributed by atoms with Crippen LogP contribution in [0.3, 0.4) is 0 Å². The molecule has 2 unspecified atom stereocenters. The molecular formula is C22H44O4S2Sn. The predicted molar refractivity (Wildman–Crippen MR) is 129 cm³/mol. The standard InChI is InChI=1S/2C7H14O2S.2C4H9.Sn/c2*1-3-5-6(7(8)9)10-4-2;2*1-3-4-2;/h2*6H,3-5H2,1-2H3,(H,8,9);2*1,3-4H2,2H3;/q;;;;+2/p-2. The molecular weight excluding hydrogens is 511 g/mol. The van der Waals surface area contributed by atoms with E-state index in [1.54, 1.807) is 8.87 Å². The van der Waals surface area contributed by atoms with Gasteiger partial charge in [0.1, 0.15) is 0 Å². The summed E-state index contributed by atoms with van der Waals surface area (Å²) in [7, 11) is 0. The van der Waals surface area contributed by atoms with E-state index in [1.807, 2.05) is 27.7 Å². The van der Waals surface area contributed by atoms with E-state index in [2.05, 4.69) is 13.8 Å². The Morgan fingerprint density at radius 2 is 1.03 bits per heavy atom. The summed E-state index contributed by atoms with van der Waals surface area (Å²) in [6, 6.07) is 0. The van der Waals surface area contributed by atoms with Crippen LogP contribution in [0.25, 0.3) is 0 Å². The first-order chi connectivity index (χ1) is 13.9. The van der Waals surface area contributed by atoms with Crippen molar-refractivity contribution in [3.63, 3.8) is 0 Å². The van der Waals surface area contributed by atoms with Crippen molar-refractivity contribution in [3.05, 3.63) is 0 Å². The Morgan fingerprint density at radius 1 is 0.690 bits per heavy atom. The maximum absolute atomic E-state index is 10.3. The van der Waals surface area contributed by atoms with Gasteiger partial charge in [0.2, 0.25) is 0 Å². The van der Waals surface area contributed by atoms with Crippen molar-refractivity contribution >= 4 is 56.6 Å². The van der Waals surface area contributed by atoms with Gasteiger partial charge in [0.05, 0.1) is 11.9 Å². The van der Waals surface area contributed by atoms with E-state index < -0.39 is 11.9 Å². The first kappa shape index (κ1) is 34.1. The predicted octanol–water partition coefficient (Wildman–Crippen LogP) is 4.44. The fourth-order valence-corrected chi connectivity index (χ4v) is 8.23. The maximum atomic E-state index is 10.3. The van der Waals surface area contributed by atoms with Gasteiger partial charge in [-0.05, 0) is 24.3 Å². The fraction of sp³-hybridized carbons (Fsp3) is 0.909. The Bertz CT molecular complexity index is 314. The van der Waals surface area contributed by atoms with Crippen LogP contribution in [0.2, 0.25) is 8.87 Å². The van der Waals surface area contributed by atoms with E-state index in [4.69, 9.17) is 0 Å². The van der Waals surface area contributed by atoms with Crippen molar-refractivity contribution in [2.24, 2.45) is 0 Å². The van der Waals surface area contributed by atoms with Gasteiger partial charge in [0, 0.05) is 10.5 Å². The summed E-state index contributed by atoms with van der Waals surface area (Å²) in [5.41, 5.74) is 0. The summed E-state index contributed by atoms with van der Waals surface area (Å²) in [6.45, 7) is 12.4. The normalized spacial score (nSPS) is 11.8. The Kier molecular flexibility index (Phi) is 33.4. The van der Waals surface area contributed by atoms with Gasteiger partial charge >= 0.3 is 69.5 Å². The fourth-order valence-electron chi connectivity index (χ4n) is 2.19. The molecule has 7 heteroatoms. The second-order valence-corrected chi connectivity index (χ2v) is 13.8. The molecule has 0 spiro atoms. The first-order valence-corrected chi connectivity index (χ1v) is 17.3. The molecule has 0 radical (unpaired) electrons. The molecule has 2 atom stereocenters. The Labute approximate surface area is 199 Å². The van der Waals surface area contributed by atoms with Gasteiger partial charge in [-0.3, -0.25) is 0 Å². The summed E-state index contributed by atoms with van der Waals surface area (Å²) >= 11 is 3.04. The van der Waals surface area contributed by atoms with Crippen LogP contribution in [0.15, 0.2) is 0 Å². The van der Waals surface area contributed by atoms with E-state index in [0.717, 1.165) is 37.2 Å². The Morgan fingerprint density at radius 3 is 1.24 bits per heavy atom. The van der Waals surface area contributed by atoms with Gasteiger partial charge in [-0.1, -0.05) is 40.5 Å². The molecule has 0 aliphatic heterocycles. The third kappa shape index (κ3) is 28.4. The van der Waals surface area contributed by atoms with Crippen molar-refractivity contribution in [3.8, 4) is 0 Å². The number of carbonyl (C=O) groups excluding carboxylic acids is 2. The van der Waals surface area contributed by atoms with Crippen LogP contribution in [-0.4, -0.2) is 55.1 Å². The molecule has 0 saturated carbocycles. The molecule has 4 nitrogen and oxygen atoms in total. The van der Waals surface area contributed by atoms with Gasteiger partial charge in [-0.25, -0.2) is 0 Å². The van der Waals surface area contributed by atoms with E-state index in [1.165, 1.54) is 49.2 Å². The molecule has 0 saturated heterocycles. The van der Waals surface area contributed by atoms with Crippen LogP contribution in [0.4, 0.5) is 0 Å². The number of unbranched alkanes of at least 4 members (excludes halogenated alkanes) is 2. The Balaban J connectivity index is -0.000000350. The van der Waals surface area contributed by atoms with Gasteiger partial charge in [0.25, 0.3) is 0 Å². The molecule has 0 aromatic rings. The second-order valence-electron chi connectivity index (χ2n) is 6.56. The van der Waals surface area contributed by atoms with E-state index >= 15 is 0 Å². The average Bonchev–Trinajstić information content (AvgIpc) is 2.68. The monoisotopic (exact) mass is 556 g/mol. The molecule has 0 aliphatic rings. The van der Waals surface area contributed by atoms with Crippen molar-refractivity contribution < 1.29 is 19.8 Å². The van der Waals surface area contributed by atoms with Crippen LogP contribution >= 0.6 is 23.5 Å². The van der Waals surface area contributed by atoms with Gasteiger partial charge in [-0.2, -0.15) is 23.5 Å². The first-order valence-electron chi connectivity index (χ1n) is 11.2. The molecule has 0 aromatic carbocycles. The minimum atomic E-state index is -0.922. The Hall–Kier alpha value is 0.439.